The molecule has 1 N–H and O–H groups in total. The summed E-state index contributed by atoms with van der Waals surface area (Å²) in [5.74, 6) is -0.450. The molecule has 0 unspecified atom stereocenters. The summed E-state index contributed by atoms with van der Waals surface area (Å²) >= 11 is 0. The van der Waals surface area contributed by atoms with E-state index < -0.39 is 0 Å². The quantitative estimate of drug-likeness (QED) is 0.745. The molecule has 0 aromatic heterocycles. The molecule has 1 aromatic carbocycles. The lowest BCUT2D eigenvalue weighted by Gasteiger charge is -2.08. The van der Waals surface area contributed by atoms with Gasteiger partial charge in [-0.2, -0.15) is 0 Å². The van der Waals surface area contributed by atoms with Crippen LogP contribution in [-0.4, -0.2) is 5.91 Å². The van der Waals surface area contributed by atoms with Crippen molar-refractivity contribution in [2.45, 2.75) is 20.3 Å². The van der Waals surface area contributed by atoms with Crippen LogP contribution in [0.5, 0.6) is 0 Å². The van der Waals surface area contributed by atoms with Crippen molar-refractivity contribution in [3.05, 3.63) is 29.6 Å². The molecule has 3 heteroatoms. The molecule has 2 nitrogen and oxygen atoms in total. The zero-order chi connectivity index (χ0) is 9.84. The van der Waals surface area contributed by atoms with Gasteiger partial charge in [0.05, 0.1) is 0 Å². The number of anilines is 1. The lowest BCUT2D eigenvalue weighted by molar-refractivity contribution is -0.114. The van der Waals surface area contributed by atoms with Gasteiger partial charge in [0.2, 0.25) is 5.91 Å². The molecule has 0 spiro atoms. The van der Waals surface area contributed by atoms with E-state index in [0.717, 1.165) is 0 Å². The van der Waals surface area contributed by atoms with Gasteiger partial charge in [0.1, 0.15) is 5.82 Å². The molecule has 1 amide bonds. The highest BCUT2D eigenvalue weighted by atomic mass is 19.1. The molecule has 0 bridgehead atoms. The Bertz CT molecular complexity index is 323. The largest absolute Gasteiger partial charge is 0.326 e. The third kappa shape index (κ3) is 2.28. The second-order valence-electron chi connectivity index (χ2n) is 2.80. The van der Waals surface area contributed by atoms with Crippen LogP contribution >= 0.6 is 0 Å². The number of carbonyl (C=O) groups is 1. The van der Waals surface area contributed by atoms with Crippen molar-refractivity contribution in [2.24, 2.45) is 0 Å². The van der Waals surface area contributed by atoms with Crippen LogP contribution in [0.1, 0.15) is 19.4 Å². The maximum atomic E-state index is 13.1. The van der Waals surface area contributed by atoms with Gasteiger partial charge >= 0.3 is 0 Å². The van der Waals surface area contributed by atoms with Crippen molar-refractivity contribution < 1.29 is 9.18 Å². The summed E-state index contributed by atoms with van der Waals surface area (Å²) in [5.41, 5.74) is 1.12. The van der Waals surface area contributed by atoms with Gasteiger partial charge < -0.3 is 5.32 Å². The SMILES string of the molecule is CCc1c(F)cccc1NC(C)=O. The third-order valence-electron chi connectivity index (χ3n) is 1.78. The molecule has 0 aliphatic heterocycles. The smallest absolute Gasteiger partial charge is 0.221 e. The highest BCUT2D eigenvalue weighted by Crippen LogP contribution is 2.19. The average Bonchev–Trinajstić information content (AvgIpc) is 2.03. The molecule has 0 saturated heterocycles. The predicted molar refractivity (Wildman–Crippen MR) is 50.1 cm³/mol. The van der Waals surface area contributed by atoms with Gasteiger partial charge in [-0.15, -0.1) is 0 Å². The summed E-state index contributed by atoms with van der Waals surface area (Å²) in [7, 11) is 0. The normalized spacial score (nSPS) is 9.77. The van der Waals surface area contributed by atoms with E-state index in [-0.39, 0.29) is 11.7 Å². The second kappa shape index (κ2) is 4.03. The van der Waals surface area contributed by atoms with E-state index in [1.807, 2.05) is 6.92 Å². The van der Waals surface area contributed by atoms with E-state index in [2.05, 4.69) is 5.32 Å². The molecule has 1 aromatic rings. The summed E-state index contributed by atoms with van der Waals surface area (Å²) in [6.45, 7) is 3.26. The van der Waals surface area contributed by atoms with Crippen molar-refractivity contribution in [3.63, 3.8) is 0 Å². The van der Waals surface area contributed by atoms with Gasteiger partial charge in [-0.3, -0.25) is 4.79 Å². The first-order valence-electron chi connectivity index (χ1n) is 4.20. The Morgan fingerprint density at radius 2 is 2.23 bits per heavy atom. The average molecular weight is 181 g/mol. The van der Waals surface area contributed by atoms with E-state index in [1.54, 1.807) is 12.1 Å². The number of benzene rings is 1. The van der Waals surface area contributed by atoms with Crippen LogP contribution in [0.3, 0.4) is 0 Å². The Balaban J connectivity index is 3.05. The molecule has 0 saturated carbocycles. The van der Waals surface area contributed by atoms with Crippen molar-refractivity contribution in [1.29, 1.82) is 0 Å². The minimum atomic E-state index is -0.270. The molecule has 13 heavy (non-hydrogen) atoms. The van der Waals surface area contributed by atoms with Crippen molar-refractivity contribution in [3.8, 4) is 0 Å². The van der Waals surface area contributed by atoms with E-state index in [1.165, 1.54) is 13.0 Å². The number of hydrogen-bond donors (Lipinski definition) is 1. The standard InChI is InChI=1S/C10H12FNO/c1-3-8-9(11)5-4-6-10(8)12-7(2)13/h4-6H,3H2,1-2H3,(H,12,13). The highest BCUT2D eigenvalue weighted by molar-refractivity contribution is 5.89. The molecule has 0 radical (unpaired) electrons. The Morgan fingerprint density at radius 1 is 1.54 bits per heavy atom. The third-order valence-corrected chi connectivity index (χ3v) is 1.78. The number of amides is 1. The molecule has 1 rings (SSSR count). The molecular formula is C10H12FNO. The number of carbonyl (C=O) groups excluding carboxylic acids is 1. The zero-order valence-corrected chi connectivity index (χ0v) is 7.73. The highest BCUT2D eigenvalue weighted by Gasteiger charge is 2.06. The van der Waals surface area contributed by atoms with Gasteiger partial charge in [0.25, 0.3) is 0 Å². The minimum absolute atomic E-state index is 0.180. The Morgan fingerprint density at radius 3 is 2.77 bits per heavy atom. The van der Waals surface area contributed by atoms with Crippen molar-refractivity contribution in [2.75, 3.05) is 5.32 Å². The number of nitrogens with one attached hydrogen (secondary N) is 1. The fraction of sp³-hybridized carbons (Fsp3) is 0.300. The van der Waals surface area contributed by atoms with Crippen molar-refractivity contribution >= 4 is 11.6 Å². The number of halogens is 1. The van der Waals surface area contributed by atoms with Crippen LogP contribution in [0.2, 0.25) is 0 Å². The van der Waals surface area contributed by atoms with Gasteiger partial charge in [-0.25, -0.2) is 4.39 Å². The first-order chi connectivity index (χ1) is 6.15. The lowest BCUT2D eigenvalue weighted by Crippen LogP contribution is -2.08. The topological polar surface area (TPSA) is 29.1 Å². The molecule has 0 aliphatic rings. The maximum absolute atomic E-state index is 13.1. The molecule has 0 fully saturated rings. The van der Waals surface area contributed by atoms with E-state index in [4.69, 9.17) is 0 Å². The molecular weight excluding hydrogens is 169 g/mol. The summed E-state index contributed by atoms with van der Waals surface area (Å²) in [6, 6.07) is 4.67. The Kier molecular flexibility index (Phi) is 3.01. The van der Waals surface area contributed by atoms with Crippen LogP contribution in [0.15, 0.2) is 18.2 Å². The fourth-order valence-corrected chi connectivity index (χ4v) is 1.22. The van der Waals surface area contributed by atoms with Crippen LogP contribution in [-0.2, 0) is 11.2 Å². The van der Waals surface area contributed by atoms with Crippen LogP contribution in [0, 0.1) is 5.82 Å². The van der Waals surface area contributed by atoms with E-state index >= 15 is 0 Å². The van der Waals surface area contributed by atoms with Crippen molar-refractivity contribution in [1.82, 2.24) is 0 Å². The first-order valence-corrected chi connectivity index (χ1v) is 4.20. The maximum Gasteiger partial charge on any atom is 0.221 e. The second-order valence-corrected chi connectivity index (χ2v) is 2.80. The summed E-state index contributed by atoms with van der Waals surface area (Å²) in [5, 5.41) is 2.59. The van der Waals surface area contributed by atoms with Crippen LogP contribution in [0.25, 0.3) is 0 Å². The Labute approximate surface area is 76.8 Å². The van der Waals surface area contributed by atoms with Crippen LogP contribution in [0.4, 0.5) is 10.1 Å². The lowest BCUT2D eigenvalue weighted by atomic mass is 10.1. The summed E-state index contributed by atoms with van der Waals surface area (Å²) < 4.78 is 13.1. The van der Waals surface area contributed by atoms with Gasteiger partial charge in [0.15, 0.2) is 0 Å². The van der Waals surface area contributed by atoms with E-state index in [0.29, 0.717) is 17.7 Å². The summed E-state index contributed by atoms with van der Waals surface area (Å²) in [6.07, 6.45) is 0.572. The minimum Gasteiger partial charge on any atom is -0.326 e. The van der Waals surface area contributed by atoms with E-state index in [9.17, 15) is 9.18 Å². The molecule has 70 valence electrons. The number of rotatable bonds is 2. The molecule has 0 atom stereocenters. The Hall–Kier alpha value is -1.38. The molecule has 0 heterocycles. The zero-order valence-electron chi connectivity index (χ0n) is 7.73. The van der Waals surface area contributed by atoms with Crippen LogP contribution < -0.4 is 5.32 Å². The fourth-order valence-electron chi connectivity index (χ4n) is 1.22. The molecule has 0 aliphatic carbocycles. The van der Waals surface area contributed by atoms with Gasteiger partial charge in [0, 0.05) is 18.2 Å². The van der Waals surface area contributed by atoms with Gasteiger partial charge in [-0.05, 0) is 18.6 Å². The predicted octanol–water partition coefficient (Wildman–Crippen LogP) is 2.35. The number of hydrogen-bond acceptors (Lipinski definition) is 1. The monoisotopic (exact) mass is 181 g/mol. The van der Waals surface area contributed by atoms with Gasteiger partial charge in [-0.1, -0.05) is 13.0 Å². The summed E-state index contributed by atoms with van der Waals surface area (Å²) in [4.78, 5) is 10.8. The first kappa shape index (κ1) is 9.71.